The number of benzene rings is 1. The molecule has 1 aliphatic heterocycles. The number of phenolic OH excluding ortho intramolecular Hbond substituents is 1. The molecule has 0 spiro atoms. The fourth-order valence-corrected chi connectivity index (χ4v) is 3.99. The van der Waals surface area contributed by atoms with Crippen LogP contribution in [0.1, 0.15) is 10.4 Å². The summed E-state index contributed by atoms with van der Waals surface area (Å²) in [5.74, 6) is -1.03. The van der Waals surface area contributed by atoms with Crippen molar-refractivity contribution in [3.05, 3.63) is 23.8 Å². The summed E-state index contributed by atoms with van der Waals surface area (Å²) in [6.07, 6.45) is -0.932. The third-order valence-corrected chi connectivity index (χ3v) is 6.33. The third kappa shape index (κ3) is 5.55. The smallest absolute Gasteiger partial charge is 0.254 e. The summed E-state index contributed by atoms with van der Waals surface area (Å²) >= 11 is 0. The highest BCUT2D eigenvalue weighted by Gasteiger charge is 2.37. The largest absolute Gasteiger partial charge is 0.508 e. The SMILES string of the molecule is COCCOc1cc(O)cc(C(=O)N2C[C@@H](CS(=O)(=O)N(C)C)[C@@H](O)C2)c1. The molecular weight excluding hydrogens is 376 g/mol. The molecule has 0 aromatic heterocycles. The lowest BCUT2D eigenvalue weighted by Gasteiger charge is -2.18. The van der Waals surface area contributed by atoms with Gasteiger partial charge >= 0.3 is 0 Å². The van der Waals surface area contributed by atoms with Crippen molar-refractivity contribution in [1.82, 2.24) is 9.21 Å². The number of sulfonamides is 1. The van der Waals surface area contributed by atoms with Gasteiger partial charge in [0.15, 0.2) is 0 Å². The Morgan fingerprint density at radius 3 is 2.59 bits per heavy atom. The normalized spacial score (nSPS) is 20.3. The third-order valence-electron chi connectivity index (χ3n) is 4.37. The van der Waals surface area contributed by atoms with Gasteiger partial charge in [-0.15, -0.1) is 0 Å². The van der Waals surface area contributed by atoms with Crippen LogP contribution in [-0.4, -0.2) is 93.1 Å². The van der Waals surface area contributed by atoms with Gasteiger partial charge in [0.2, 0.25) is 10.0 Å². The van der Waals surface area contributed by atoms with Gasteiger partial charge < -0.3 is 24.6 Å². The summed E-state index contributed by atoms with van der Waals surface area (Å²) in [7, 11) is 0.899. The Hall–Kier alpha value is -1.88. The second-order valence-corrected chi connectivity index (χ2v) is 8.88. The Labute approximate surface area is 159 Å². The average Bonchev–Trinajstić information content (AvgIpc) is 2.94. The van der Waals surface area contributed by atoms with Gasteiger partial charge in [-0.25, -0.2) is 12.7 Å². The van der Waals surface area contributed by atoms with Gasteiger partial charge in [-0.2, -0.15) is 0 Å². The number of phenols is 1. The fraction of sp³-hybridized carbons (Fsp3) is 0.588. The number of amides is 1. The van der Waals surface area contributed by atoms with Crippen LogP contribution < -0.4 is 4.74 Å². The quantitative estimate of drug-likeness (QED) is 0.576. The lowest BCUT2D eigenvalue weighted by atomic mass is 10.1. The fourth-order valence-electron chi connectivity index (χ4n) is 2.82. The van der Waals surface area contributed by atoms with E-state index in [-0.39, 0.29) is 36.8 Å². The zero-order chi connectivity index (χ0) is 20.2. The molecule has 27 heavy (non-hydrogen) atoms. The van der Waals surface area contributed by atoms with Gasteiger partial charge in [-0.3, -0.25) is 4.79 Å². The van der Waals surface area contributed by atoms with Crippen molar-refractivity contribution in [2.45, 2.75) is 6.10 Å². The molecule has 0 unspecified atom stereocenters. The maximum absolute atomic E-state index is 12.7. The second-order valence-electron chi connectivity index (χ2n) is 6.66. The predicted octanol–water partition coefficient (Wildman–Crippen LogP) is -0.258. The van der Waals surface area contributed by atoms with Gasteiger partial charge in [0.05, 0.1) is 18.5 Å². The molecule has 2 N–H and O–H groups in total. The molecule has 1 heterocycles. The first-order valence-corrected chi connectivity index (χ1v) is 10.1. The van der Waals surface area contributed by atoms with Crippen LogP contribution >= 0.6 is 0 Å². The van der Waals surface area contributed by atoms with Crippen LogP contribution in [0.2, 0.25) is 0 Å². The van der Waals surface area contributed by atoms with E-state index in [4.69, 9.17) is 9.47 Å². The molecular formula is C17H26N2O7S. The first-order chi connectivity index (χ1) is 12.6. The lowest BCUT2D eigenvalue weighted by molar-refractivity contribution is 0.0763. The van der Waals surface area contributed by atoms with Crippen molar-refractivity contribution in [3.8, 4) is 11.5 Å². The van der Waals surface area contributed by atoms with Gasteiger partial charge in [-0.05, 0) is 12.1 Å². The molecule has 1 aromatic carbocycles. The Balaban J connectivity index is 2.10. The van der Waals surface area contributed by atoms with Gasteiger partial charge in [0.25, 0.3) is 5.91 Å². The monoisotopic (exact) mass is 402 g/mol. The summed E-state index contributed by atoms with van der Waals surface area (Å²) in [4.78, 5) is 14.1. The first kappa shape index (κ1) is 21.4. The highest BCUT2D eigenvalue weighted by atomic mass is 32.2. The number of rotatable bonds is 8. The molecule has 0 saturated carbocycles. The molecule has 2 rings (SSSR count). The number of nitrogens with zero attached hydrogens (tertiary/aromatic N) is 2. The van der Waals surface area contributed by atoms with Crippen molar-refractivity contribution in [2.24, 2.45) is 5.92 Å². The van der Waals surface area contributed by atoms with Crippen LogP contribution in [0.15, 0.2) is 18.2 Å². The minimum Gasteiger partial charge on any atom is -0.508 e. The first-order valence-electron chi connectivity index (χ1n) is 8.47. The highest BCUT2D eigenvalue weighted by Crippen LogP contribution is 2.26. The molecule has 1 aromatic rings. The van der Waals surface area contributed by atoms with E-state index in [0.717, 1.165) is 4.31 Å². The summed E-state index contributed by atoms with van der Waals surface area (Å²) in [5, 5.41) is 20.0. The van der Waals surface area contributed by atoms with Gasteiger partial charge in [0, 0.05) is 51.8 Å². The van der Waals surface area contributed by atoms with E-state index < -0.39 is 28.0 Å². The van der Waals surface area contributed by atoms with E-state index in [1.54, 1.807) is 0 Å². The molecule has 10 heteroatoms. The van der Waals surface area contributed by atoms with E-state index in [1.807, 2.05) is 0 Å². The molecule has 0 bridgehead atoms. The molecule has 1 saturated heterocycles. The van der Waals surface area contributed by atoms with E-state index >= 15 is 0 Å². The standard InChI is InChI=1S/C17H26N2O7S/c1-18(2)27(23,24)11-13-9-19(10-16(13)21)17(22)12-6-14(20)8-15(7-12)26-5-4-25-3/h6-8,13,16,20-21H,4-5,9-11H2,1-3H3/t13-,16-/m0/s1. The number of β-amino-alcohol motifs (C(OH)–C–C–N with tert-alkyl or cyclic N) is 1. The van der Waals surface area contributed by atoms with E-state index in [1.165, 1.54) is 44.3 Å². The van der Waals surface area contributed by atoms with Crippen molar-refractivity contribution in [2.75, 3.05) is 53.3 Å². The molecule has 0 radical (unpaired) electrons. The molecule has 9 nitrogen and oxygen atoms in total. The lowest BCUT2D eigenvalue weighted by Crippen LogP contribution is -2.33. The van der Waals surface area contributed by atoms with Crippen LogP contribution in [0.25, 0.3) is 0 Å². The van der Waals surface area contributed by atoms with Crippen LogP contribution in [0, 0.1) is 5.92 Å². The highest BCUT2D eigenvalue weighted by molar-refractivity contribution is 7.89. The molecule has 1 fully saturated rings. The number of hydrogen-bond donors (Lipinski definition) is 2. The molecule has 1 amide bonds. The predicted molar refractivity (Wildman–Crippen MR) is 98.4 cm³/mol. The summed E-state index contributed by atoms with van der Waals surface area (Å²) in [6.45, 7) is 0.768. The number of hydrogen-bond acceptors (Lipinski definition) is 7. The second kappa shape index (κ2) is 8.87. The summed E-state index contributed by atoms with van der Waals surface area (Å²) < 4.78 is 35.5. The zero-order valence-electron chi connectivity index (χ0n) is 15.7. The number of ether oxygens (including phenoxy) is 2. The average molecular weight is 402 g/mol. The van der Waals surface area contributed by atoms with Crippen LogP contribution in [0.5, 0.6) is 11.5 Å². The van der Waals surface area contributed by atoms with E-state index in [2.05, 4.69) is 0 Å². The number of aliphatic hydroxyl groups is 1. The van der Waals surface area contributed by atoms with Gasteiger partial charge in [-0.1, -0.05) is 0 Å². The van der Waals surface area contributed by atoms with Crippen molar-refractivity contribution >= 4 is 15.9 Å². The number of methoxy groups -OCH3 is 1. The van der Waals surface area contributed by atoms with Crippen LogP contribution in [-0.2, 0) is 14.8 Å². The number of carbonyl (C=O) groups is 1. The minimum atomic E-state index is -3.49. The molecule has 2 atom stereocenters. The molecule has 0 aliphatic carbocycles. The van der Waals surface area contributed by atoms with Crippen LogP contribution in [0.4, 0.5) is 0 Å². The molecule has 152 valence electrons. The zero-order valence-corrected chi connectivity index (χ0v) is 16.5. The number of aromatic hydroxyl groups is 1. The van der Waals surface area contributed by atoms with E-state index in [0.29, 0.717) is 12.4 Å². The van der Waals surface area contributed by atoms with Crippen molar-refractivity contribution in [3.63, 3.8) is 0 Å². The maximum Gasteiger partial charge on any atom is 0.254 e. The number of likely N-dealkylation sites (tertiary alicyclic amines) is 1. The Bertz CT molecular complexity index is 767. The number of carbonyl (C=O) groups excluding carboxylic acids is 1. The van der Waals surface area contributed by atoms with Crippen molar-refractivity contribution in [1.29, 1.82) is 0 Å². The Kier molecular flexibility index (Phi) is 7.04. The number of aliphatic hydroxyl groups excluding tert-OH is 1. The minimum absolute atomic E-state index is 0.0297. The summed E-state index contributed by atoms with van der Waals surface area (Å²) in [6, 6.07) is 4.19. The summed E-state index contributed by atoms with van der Waals surface area (Å²) in [5.41, 5.74) is 0.200. The maximum atomic E-state index is 12.7. The topological polar surface area (TPSA) is 117 Å². The van der Waals surface area contributed by atoms with Crippen LogP contribution in [0.3, 0.4) is 0 Å². The Morgan fingerprint density at radius 2 is 1.96 bits per heavy atom. The van der Waals surface area contributed by atoms with Gasteiger partial charge in [0.1, 0.15) is 18.1 Å². The molecule has 1 aliphatic rings. The van der Waals surface area contributed by atoms with E-state index in [9.17, 15) is 23.4 Å². The Morgan fingerprint density at radius 1 is 1.26 bits per heavy atom. The van der Waals surface area contributed by atoms with Crippen molar-refractivity contribution < 1.29 is 32.9 Å².